The first-order valence-corrected chi connectivity index (χ1v) is 10.0. The normalized spacial score (nSPS) is 12.7. The quantitative estimate of drug-likeness (QED) is 0.557. The first kappa shape index (κ1) is 21.9. The van der Waals surface area contributed by atoms with Crippen LogP contribution in [0, 0.1) is 5.82 Å². The van der Waals surface area contributed by atoms with Crippen LogP contribution >= 0.6 is 15.9 Å². The molecule has 0 aliphatic rings. The van der Waals surface area contributed by atoms with Crippen LogP contribution in [0.1, 0.15) is 43.9 Å². The van der Waals surface area contributed by atoms with Crippen molar-refractivity contribution in [3.8, 4) is 0 Å². The fraction of sp³-hybridized carbons (Fsp3) is 0.333. The number of benzene rings is 2. The van der Waals surface area contributed by atoms with E-state index in [1.54, 1.807) is 12.1 Å². The van der Waals surface area contributed by atoms with E-state index in [-0.39, 0.29) is 24.3 Å². The third kappa shape index (κ3) is 6.64. The minimum absolute atomic E-state index is 0.202. The Morgan fingerprint density at radius 3 is 2.39 bits per heavy atom. The molecule has 0 heterocycles. The van der Waals surface area contributed by atoms with Crippen molar-refractivity contribution in [3.05, 3.63) is 69.9 Å². The standard InChI is InChI=1S/C21H25BrFN3O2/c1-3-6-19(20(27)25-14(2)17-7-4-5-8-18(17)22)26-21(28)24-13-15-9-11-16(23)12-10-15/h4-5,7-12,14,19H,3,6,13H2,1-2H3,(H,25,27)(H2,24,26,28). The lowest BCUT2D eigenvalue weighted by Gasteiger charge is -2.22. The van der Waals surface area contributed by atoms with Crippen molar-refractivity contribution in [2.24, 2.45) is 0 Å². The molecular formula is C21H25BrFN3O2. The molecule has 0 aromatic heterocycles. The van der Waals surface area contributed by atoms with Crippen LogP contribution in [-0.4, -0.2) is 18.0 Å². The van der Waals surface area contributed by atoms with E-state index in [1.807, 2.05) is 38.1 Å². The van der Waals surface area contributed by atoms with Crippen LogP contribution in [0.2, 0.25) is 0 Å². The van der Waals surface area contributed by atoms with Crippen molar-refractivity contribution >= 4 is 27.9 Å². The lowest BCUT2D eigenvalue weighted by molar-refractivity contribution is -0.123. The zero-order chi connectivity index (χ0) is 20.5. The Bertz CT molecular complexity index is 798. The molecular weight excluding hydrogens is 425 g/mol. The van der Waals surface area contributed by atoms with Gasteiger partial charge in [0.2, 0.25) is 5.91 Å². The van der Waals surface area contributed by atoms with E-state index in [2.05, 4.69) is 31.9 Å². The largest absolute Gasteiger partial charge is 0.348 e. The summed E-state index contributed by atoms with van der Waals surface area (Å²) in [4.78, 5) is 24.9. The van der Waals surface area contributed by atoms with E-state index in [0.29, 0.717) is 6.42 Å². The summed E-state index contributed by atoms with van der Waals surface area (Å²) in [5.74, 6) is -0.561. The van der Waals surface area contributed by atoms with E-state index >= 15 is 0 Å². The molecule has 2 aromatic carbocycles. The summed E-state index contributed by atoms with van der Waals surface area (Å²) >= 11 is 3.49. The average molecular weight is 450 g/mol. The molecule has 0 fully saturated rings. The Balaban J connectivity index is 1.91. The number of urea groups is 1. The molecule has 2 atom stereocenters. The third-order valence-electron chi connectivity index (χ3n) is 4.30. The highest BCUT2D eigenvalue weighted by atomic mass is 79.9. The molecule has 0 saturated carbocycles. The van der Waals surface area contributed by atoms with E-state index < -0.39 is 12.1 Å². The lowest BCUT2D eigenvalue weighted by Crippen LogP contribution is -2.50. The Morgan fingerprint density at radius 1 is 1.07 bits per heavy atom. The lowest BCUT2D eigenvalue weighted by atomic mass is 10.1. The molecule has 7 heteroatoms. The maximum absolute atomic E-state index is 12.9. The van der Waals surface area contributed by atoms with Crippen molar-refractivity contribution in [3.63, 3.8) is 0 Å². The molecule has 2 rings (SSSR count). The monoisotopic (exact) mass is 449 g/mol. The van der Waals surface area contributed by atoms with Crippen LogP contribution in [0.5, 0.6) is 0 Å². The predicted molar refractivity (Wildman–Crippen MR) is 111 cm³/mol. The molecule has 0 spiro atoms. The second-order valence-electron chi connectivity index (χ2n) is 6.55. The van der Waals surface area contributed by atoms with Gasteiger partial charge in [-0.2, -0.15) is 0 Å². The second kappa shape index (κ2) is 10.8. The van der Waals surface area contributed by atoms with E-state index in [4.69, 9.17) is 0 Å². The maximum atomic E-state index is 12.9. The number of hydrogen-bond donors (Lipinski definition) is 3. The topological polar surface area (TPSA) is 70.2 Å². The van der Waals surface area contributed by atoms with Crippen molar-refractivity contribution in [2.75, 3.05) is 0 Å². The van der Waals surface area contributed by atoms with Gasteiger partial charge in [0.15, 0.2) is 0 Å². The molecule has 0 saturated heterocycles. The van der Waals surface area contributed by atoms with Crippen LogP contribution in [0.3, 0.4) is 0 Å². The molecule has 0 aliphatic carbocycles. The molecule has 5 nitrogen and oxygen atoms in total. The minimum atomic E-state index is -0.636. The number of carbonyl (C=O) groups excluding carboxylic acids is 2. The molecule has 0 aliphatic heterocycles. The van der Waals surface area contributed by atoms with Crippen LogP contribution in [0.4, 0.5) is 9.18 Å². The highest BCUT2D eigenvalue weighted by Crippen LogP contribution is 2.22. The highest BCUT2D eigenvalue weighted by Gasteiger charge is 2.22. The van der Waals surface area contributed by atoms with Gasteiger partial charge in [0, 0.05) is 11.0 Å². The molecule has 2 unspecified atom stereocenters. The Kier molecular flexibility index (Phi) is 8.44. The summed E-state index contributed by atoms with van der Waals surface area (Å²) in [6, 6.07) is 12.3. The number of amides is 3. The summed E-state index contributed by atoms with van der Waals surface area (Å²) in [5, 5.41) is 8.37. The highest BCUT2D eigenvalue weighted by molar-refractivity contribution is 9.10. The van der Waals surface area contributed by atoms with E-state index in [9.17, 15) is 14.0 Å². The Labute approximate surface area is 173 Å². The van der Waals surface area contributed by atoms with Gasteiger partial charge >= 0.3 is 6.03 Å². The first-order chi connectivity index (χ1) is 13.4. The molecule has 28 heavy (non-hydrogen) atoms. The summed E-state index contributed by atoms with van der Waals surface area (Å²) in [7, 11) is 0. The van der Waals surface area contributed by atoms with Gasteiger partial charge in [-0.25, -0.2) is 9.18 Å². The van der Waals surface area contributed by atoms with Gasteiger partial charge in [-0.15, -0.1) is 0 Å². The molecule has 3 amide bonds. The number of nitrogens with one attached hydrogen (secondary N) is 3. The molecule has 150 valence electrons. The first-order valence-electron chi connectivity index (χ1n) is 9.24. The maximum Gasteiger partial charge on any atom is 0.315 e. The zero-order valence-electron chi connectivity index (χ0n) is 16.0. The molecule has 0 bridgehead atoms. The van der Waals surface area contributed by atoms with Crippen molar-refractivity contribution in [2.45, 2.75) is 45.3 Å². The summed E-state index contributed by atoms with van der Waals surface area (Å²) in [5.41, 5.74) is 1.74. The van der Waals surface area contributed by atoms with Crippen LogP contribution in [0.15, 0.2) is 53.0 Å². The van der Waals surface area contributed by atoms with Crippen molar-refractivity contribution < 1.29 is 14.0 Å². The molecule has 0 radical (unpaired) electrons. The van der Waals surface area contributed by atoms with Gasteiger partial charge in [0.1, 0.15) is 11.9 Å². The number of halogens is 2. The van der Waals surface area contributed by atoms with Crippen molar-refractivity contribution in [1.82, 2.24) is 16.0 Å². The van der Waals surface area contributed by atoms with Crippen molar-refractivity contribution in [1.29, 1.82) is 0 Å². The van der Waals surface area contributed by atoms with Gasteiger partial charge < -0.3 is 16.0 Å². The third-order valence-corrected chi connectivity index (χ3v) is 5.02. The Hall–Kier alpha value is -2.41. The van der Waals surface area contributed by atoms with Gasteiger partial charge in [0.25, 0.3) is 0 Å². The number of rotatable bonds is 8. The van der Waals surface area contributed by atoms with Gasteiger partial charge in [-0.3, -0.25) is 4.79 Å². The SMILES string of the molecule is CCCC(NC(=O)NCc1ccc(F)cc1)C(=O)NC(C)c1ccccc1Br. The van der Waals surface area contributed by atoms with Gasteiger partial charge in [-0.05, 0) is 42.7 Å². The Morgan fingerprint density at radius 2 is 1.75 bits per heavy atom. The number of hydrogen-bond acceptors (Lipinski definition) is 2. The summed E-state index contributed by atoms with van der Waals surface area (Å²) < 4.78 is 13.9. The van der Waals surface area contributed by atoms with Gasteiger partial charge in [0.05, 0.1) is 6.04 Å². The smallest absolute Gasteiger partial charge is 0.315 e. The fourth-order valence-electron chi connectivity index (χ4n) is 2.77. The fourth-order valence-corrected chi connectivity index (χ4v) is 3.40. The second-order valence-corrected chi connectivity index (χ2v) is 7.40. The predicted octanol–water partition coefficient (Wildman–Crippen LogP) is 4.43. The van der Waals surface area contributed by atoms with E-state index in [0.717, 1.165) is 22.0 Å². The zero-order valence-corrected chi connectivity index (χ0v) is 17.6. The van der Waals surface area contributed by atoms with Crippen LogP contribution in [0.25, 0.3) is 0 Å². The van der Waals surface area contributed by atoms with Crippen LogP contribution < -0.4 is 16.0 Å². The summed E-state index contributed by atoms with van der Waals surface area (Å²) in [6.45, 7) is 4.10. The minimum Gasteiger partial charge on any atom is -0.348 e. The van der Waals surface area contributed by atoms with Gasteiger partial charge in [-0.1, -0.05) is 59.6 Å². The molecule has 3 N–H and O–H groups in total. The van der Waals surface area contributed by atoms with Crippen LogP contribution in [-0.2, 0) is 11.3 Å². The summed E-state index contributed by atoms with van der Waals surface area (Å²) in [6.07, 6.45) is 1.28. The average Bonchev–Trinajstić information content (AvgIpc) is 2.67. The van der Waals surface area contributed by atoms with E-state index in [1.165, 1.54) is 12.1 Å². The molecule has 2 aromatic rings. The number of carbonyl (C=O) groups is 2.